The molecule has 0 bridgehead atoms. The summed E-state index contributed by atoms with van der Waals surface area (Å²) in [5, 5.41) is 4.88. The Bertz CT molecular complexity index is 837. The standard InChI is InChI=1S/C20H20ClN3O2/c1-23(13-14-26-18-10-5-9-17(21)15-18)20(25)19(24-12-6-11-22-24)16-7-3-2-4-8-16/h2-12,15,19H,13-14H2,1H3. The van der Waals surface area contributed by atoms with Crippen molar-refractivity contribution in [3.05, 3.63) is 83.6 Å². The Morgan fingerprint density at radius 2 is 2.00 bits per heavy atom. The van der Waals surface area contributed by atoms with Crippen molar-refractivity contribution < 1.29 is 9.53 Å². The molecule has 0 aliphatic carbocycles. The van der Waals surface area contributed by atoms with Crippen LogP contribution in [-0.2, 0) is 4.79 Å². The van der Waals surface area contributed by atoms with E-state index in [4.69, 9.17) is 16.3 Å². The van der Waals surface area contributed by atoms with Gasteiger partial charge in [-0.25, -0.2) is 0 Å². The number of amides is 1. The molecule has 0 saturated carbocycles. The highest BCUT2D eigenvalue weighted by molar-refractivity contribution is 6.30. The molecule has 1 heterocycles. The van der Waals surface area contributed by atoms with Crippen molar-refractivity contribution in [2.24, 2.45) is 0 Å². The van der Waals surface area contributed by atoms with Crippen molar-refractivity contribution in [1.29, 1.82) is 0 Å². The lowest BCUT2D eigenvalue weighted by atomic mass is 10.1. The maximum atomic E-state index is 13.0. The maximum absolute atomic E-state index is 13.0. The Morgan fingerprint density at radius 1 is 1.19 bits per heavy atom. The Kier molecular flexibility index (Phi) is 5.92. The smallest absolute Gasteiger partial charge is 0.251 e. The van der Waals surface area contributed by atoms with Gasteiger partial charge in [-0.05, 0) is 29.8 Å². The van der Waals surface area contributed by atoms with E-state index in [9.17, 15) is 4.79 Å². The molecule has 1 unspecified atom stereocenters. The van der Waals surface area contributed by atoms with Crippen molar-refractivity contribution in [1.82, 2.24) is 14.7 Å². The van der Waals surface area contributed by atoms with Crippen LogP contribution < -0.4 is 4.74 Å². The van der Waals surface area contributed by atoms with Gasteiger partial charge in [-0.2, -0.15) is 5.10 Å². The second kappa shape index (κ2) is 8.54. The largest absolute Gasteiger partial charge is 0.492 e. The first-order chi connectivity index (χ1) is 12.6. The van der Waals surface area contributed by atoms with Crippen LogP contribution in [-0.4, -0.2) is 40.8 Å². The molecule has 6 heteroatoms. The summed E-state index contributed by atoms with van der Waals surface area (Å²) < 4.78 is 7.36. The molecule has 26 heavy (non-hydrogen) atoms. The molecule has 1 amide bonds. The Hall–Kier alpha value is -2.79. The fraction of sp³-hybridized carbons (Fsp3) is 0.200. The summed E-state index contributed by atoms with van der Waals surface area (Å²) in [4.78, 5) is 14.7. The van der Waals surface area contributed by atoms with Gasteiger partial charge in [-0.1, -0.05) is 48.0 Å². The summed E-state index contributed by atoms with van der Waals surface area (Å²) in [6, 6.07) is 18.1. The number of ether oxygens (including phenoxy) is 1. The van der Waals surface area contributed by atoms with E-state index < -0.39 is 6.04 Å². The van der Waals surface area contributed by atoms with Gasteiger partial charge in [-0.15, -0.1) is 0 Å². The van der Waals surface area contributed by atoms with Gasteiger partial charge in [0.15, 0.2) is 6.04 Å². The molecule has 3 rings (SSSR count). The van der Waals surface area contributed by atoms with E-state index in [0.717, 1.165) is 5.56 Å². The highest BCUT2D eigenvalue weighted by Gasteiger charge is 2.25. The van der Waals surface area contributed by atoms with Crippen molar-refractivity contribution >= 4 is 17.5 Å². The number of likely N-dealkylation sites (N-methyl/N-ethyl adjacent to an activating group) is 1. The van der Waals surface area contributed by atoms with Crippen molar-refractivity contribution in [3.63, 3.8) is 0 Å². The van der Waals surface area contributed by atoms with E-state index in [1.54, 1.807) is 41.2 Å². The minimum absolute atomic E-state index is 0.0467. The maximum Gasteiger partial charge on any atom is 0.251 e. The number of halogens is 1. The lowest BCUT2D eigenvalue weighted by molar-refractivity contribution is -0.132. The number of hydrogen-bond acceptors (Lipinski definition) is 3. The predicted molar refractivity (Wildman–Crippen MR) is 101 cm³/mol. The second-order valence-corrected chi connectivity index (χ2v) is 6.30. The first-order valence-electron chi connectivity index (χ1n) is 8.32. The predicted octanol–water partition coefficient (Wildman–Crippen LogP) is 3.66. The SMILES string of the molecule is CN(CCOc1cccc(Cl)c1)C(=O)C(c1ccccc1)n1cccn1. The molecule has 134 valence electrons. The van der Waals surface area contributed by atoms with Crippen LogP contribution in [0.2, 0.25) is 5.02 Å². The number of benzene rings is 2. The quantitative estimate of drug-likeness (QED) is 0.638. The first kappa shape index (κ1) is 18.0. The van der Waals surface area contributed by atoms with Gasteiger partial charge in [0.05, 0.1) is 6.54 Å². The molecule has 1 atom stereocenters. The topological polar surface area (TPSA) is 47.4 Å². The summed E-state index contributed by atoms with van der Waals surface area (Å²) >= 11 is 5.95. The third-order valence-electron chi connectivity index (χ3n) is 4.01. The minimum atomic E-state index is -0.498. The van der Waals surface area contributed by atoms with E-state index >= 15 is 0 Å². The molecule has 0 aliphatic rings. The van der Waals surface area contributed by atoms with E-state index in [1.165, 1.54) is 0 Å². The average molecular weight is 370 g/mol. The summed E-state index contributed by atoms with van der Waals surface area (Å²) in [5.41, 5.74) is 0.892. The van der Waals surface area contributed by atoms with E-state index in [2.05, 4.69) is 5.10 Å². The van der Waals surface area contributed by atoms with Gasteiger partial charge < -0.3 is 9.64 Å². The van der Waals surface area contributed by atoms with Crippen molar-refractivity contribution in [3.8, 4) is 5.75 Å². The van der Waals surface area contributed by atoms with Crippen molar-refractivity contribution in [2.45, 2.75) is 6.04 Å². The normalized spacial score (nSPS) is 11.8. The number of aromatic nitrogens is 2. The fourth-order valence-electron chi connectivity index (χ4n) is 2.65. The third-order valence-corrected chi connectivity index (χ3v) is 4.24. The summed E-state index contributed by atoms with van der Waals surface area (Å²) in [7, 11) is 1.77. The molecule has 0 spiro atoms. The van der Waals surface area contributed by atoms with Crippen LogP contribution in [0.5, 0.6) is 5.75 Å². The number of hydrogen-bond donors (Lipinski definition) is 0. The zero-order valence-electron chi connectivity index (χ0n) is 14.5. The molecule has 0 N–H and O–H groups in total. The molecule has 0 fully saturated rings. The second-order valence-electron chi connectivity index (χ2n) is 5.86. The fourth-order valence-corrected chi connectivity index (χ4v) is 2.83. The molecule has 3 aromatic rings. The molecular formula is C20H20ClN3O2. The van der Waals surface area contributed by atoms with Crippen LogP contribution in [0.1, 0.15) is 11.6 Å². The number of nitrogens with zero attached hydrogens (tertiary/aromatic N) is 3. The molecule has 0 aliphatic heterocycles. The lowest BCUT2D eigenvalue weighted by Gasteiger charge is -2.24. The van der Waals surface area contributed by atoms with Crippen LogP contribution in [0.25, 0.3) is 0 Å². The zero-order valence-corrected chi connectivity index (χ0v) is 15.2. The summed E-state index contributed by atoms with van der Waals surface area (Å²) in [5.74, 6) is 0.639. The number of carbonyl (C=O) groups is 1. The highest BCUT2D eigenvalue weighted by Crippen LogP contribution is 2.20. The number of carbonyl (C=O) groups excluding carboxylic acids is 1. The molecule has 0 radical (unpaired) electrons. The monoisotopic (exact) mass is 369 g/mol. The van der Waals surface area contributed by atoms with Crippen LogP contribution in [0, 0.1) is 0 Å². The van der Waals surface area contributed by atoms with Gasteiger partial charge in [0, 0.05) is 24.5 Å². The average Bonchev–Trinajstić information content (AvgIpc) is 3.17. The van der Waals surface area contributed by atoms with Crippen LogP contribution >= 0.6 is 11.6 Å². The first-order valence-corrected chi connectivity index (χ1v) is 8.70. The molecule has 2 aromatic carbocycles. The zero-order chi connectivity index (χ0) is 18.4. The summed E-state index contributed by atoms with van der Waals surface area (Å²) in [6.07, 6.45) is 3.47. The highest BCUT2D eigenvalue weighted by atomic mass is 35.5. The molecule has 5 nitrogen and oxygen atoms in total. The van der Waals surface area contributed by atoms with Crippen LogP contribution in [0.15, 0.2) is 73.1 Å². The van der Waals surface area contributed by atoms with Gasteiger partial charge in [0.25, 0.3) is 5.91 Å². The molecular weight excluding hydrogens is 350 g/mol. The minimum Gasteiger partial charge on any atom is -0.492 e. The molecule has 0 saturated heterocycles. The van der Waals surface area contributed by atoms with E-state index in [0.29, 0.717) is 23.9 Å². The molecule has 1 aromatic heterocycles. The van der Waals surface area contributed by atoms with Crippen molar-refractivity contribution in [2.75, 3.05) is 20.2 Å². The Labute approximate surface area is 157 Å². The van der Waals surface area contributed by atoms with E-state index in [1.807, 2.05) is 48.5 Å². The van der Waals surface area contributed by atoms with Gasteiger partial charge in [0.2, 0.25) is 0 Å². The lowest BCUT2D eigenvalue weighted by Crippen LogP contribution is -2.37. The van der Waals surface area contributed by atoms with Gasteiger partial charge >= 0.3 is 0 Å². The van der Waals surface area contributed by atoms with Crippen LogP contribution in [0.4, 0.5) is 0 Å². The third kappa shape index (κ3) is 4.43. The Balaban J connectivity index is 1.66. The van der Waals surface area contributed by atoms with Gasteiger partial charge in [0.1, 0.15) is 12.4 Å². The van der Waals surface area contributed by atoms with Gasteiger partial charge in [-0.3, -0.25) is 9.48 Å². The Morgan fingerprint density at radius 3 is 2.69 bits per heavy atom. The van der Waals surface area contributed by atoms with Crippen LogP contribution in [0.3, 0.4) is 0 Å². The number of rotatable bonds is 7. The summed E-state index contributed by atoms with van der Waals surface area (Å²) in [6.45, 7) is 0.832. The van der Waals surface area contributed by atoms with E-state index in [-0.39, 0.29) is 5.91 Å².